The Balaban J connectivity index is 5.29. The quantitative estimate of drug-likeness (QED) is 0.0169. The van der Waals surface area contributed by atoms with Crippen LogP contribution in [0.15, 0.2) is 24.3 Å². The summed E-state index contributed by atoms with van der Waals surface area (Å²) in [4.78, 5) is 72.9. The van der Waals surface area contributed by atoms with Crippen LogP contribution in [-0.4, -0.2) is 96.7 Å². The average Bonchev–Trinajstić information content (AvgIpc) is 1.68. The summed E-state index contributed by atoms with van der Waals surface area (Å²) in [6.07, 6.45) is 57.7. The summed E-state index contributed by atoms with van der Waals surface area (Å²) in [7, 11) is -9.93. The van der Waals surface area contributed by atoms with Crippen LogP contribution >= 0.6 is 15.6 Å². The highest BCUT2D eigenvalue weighted by Crippen LogP contribution is 2.45. The van der Waals surface area contributed by atoms with E-state index in [1.807, 2.05) is 0 Å². The molecule has 0 saturated carbocycles. The molecule has 0 aliphatic heterocycles. The Labute approximate surface area is 592 Å². The number of hydrogen-bond acceptors (Lipinski definition) is 15. The molecule has 3 unspecified atom stereocenters. The van der Waals surface area contributed by atoms with Crippen LogP contribution in [0, 0.1) is 17.8 Å². The minimum atomic E-state index is -4.97. The molecule has 0 spiro atoms. The molecule has 0 aliphatic rings. The van der Waals surface area contributed by atoms with E-state index in [1.165, 1.54) is 161 Å². The SMILES string of the molecule is CCCCCC/C=C\C=C/CCCCCCCC(=O)OC[C@H](COP(=O)(O)OCC(O)COP(=O)(O)OC[C@@H](COC(=O)CCCCCCCCCC(C)C)OC(=O)CCCCCCCCCCCCCCCC(C)C)OC(=O)CCCCCCCCCCCCCCCC(C)C. The first-order chi connectivity index (χ1) is 46.7. The zero-order valence-corrected chi connectivity index (χ0v) is 64.8. The normalized spacial score (nSPS) is 14.2. The van der Waals surface area contributed by atoms with E-state index in [4.69, 9.17) is 37.0 Å². The molecule has 0 aliphatic carbocycles. The van der Waals surface area contributed by atoms with Gasteiger partial charge in [-0.05, 0) is 69.1 Å². The van der Waals surface area contributed by atoms with Crippen LogP contribution in [0.3, 0.4) is 0 Å². The number of phosphoric ester groups is 2. The van der Waals surface area contributed by atoms with Gasteiger partial charge in [0.2, 0.25) is 0 Å². The van der Waals surface area contributed by atoms with E-state index in [9.17, 15) is 43.2 Å². The third-order valence-corrected chi connectivity index (χ3v) is 19.4. The molecule has 97 heavy (non-hydrogen) atoms. The Bertz CT molecular complexity index is 1980. The van der Waals surface area contributed by atoms with Crippen molar-refractivity contribution in [1.29, 1.82) is 0 Å². The van der Waals surface area contributed by atoms with Crippen LogP contribution in [0.4, 0.5) is 0 Å². The largest absolute Gasteiger partial charge is 0.472 e. The molecule has 0 aromatic carbocycles. The number of rotatable bonds is 74. The lowest BCUT2D eigenvalue weighted by Gasteiger charge is -2.21. The molecule has 17 nitrogen and oxygen atoms in total. The highest BCUT2D eigenvalue weighted by atomic mass is 31.2. The number of aliphatic hydroxyl groups is 1. The highest BCUT2D eigenvalue weighted by molar-refractivity contribution is 7.47. The monoisotopic (exact) mass is 1420 g/mol. The molecule has 0 saturated heterocycles. The van der Waals surface area contributed by atoms with Gasteiger partial charge in [-0.25, -0.2) is 9.13 Å². The van der Waals surface area contributed by atoms with E-state index >= 15 is 0 Å². The maximum atomic E-state index is 13.1. The van der Waals surface area contributed by atoms with Gasteiger partial charge in [0, 0.05) is 25.7 Å². The minimum absolute atomic E-state index is 0.1000. The Hall–Kier alpha value is -2.46. The predicted molar refractivity (Wildman–Crippen MR) is 395 cm³/mol. The van der Waals surface area contributed by atoms with Crippen LogP contribution in [0.2, 0.25) is 0 Å². The van der Waals surface area contributed by atoms with Gasteiger partial charge in [0.05, 0.1) is 26.4 Å². The molecule has 0 rings (SSSR count). The maximum Gasteiger partial charge on any atom is 0.472 e. The first kappa shape index (κ1) is 94.5. The number of ether oxygens (including phenoxy) is 4. The molecular formula is C78H148O17P2. The Morgan fingerprint density at radius 2 is 0.557 bits per heavy atom. The van der Waals surface area contributed by atoms with E-state index in [1.54, 1.807) is 0 Å². The fraction of sp³-hybridized carbons (Fsp3) is 0.897. The fourth-order valence-corrected chi connectivity index (χ4v) is 13.0. The number of esters is 4. The first-order valence-corrected chi connectivity index (χ1v) is 42.7. The van der Waals surface area contributed by atoms with Crippen molar-refractivity contribution >= 4 is 39.5 Å². The van der Waals surface area contributed by atoms with Crippen molar-refractivity contribution in [2.24, 2.45) is 17.8 Å². The average molecular weight is 1420 g/mol. The number of aliphatic hydroxyl groups excluding tert-OH is 1. The van der Waals surface area contributed by atoms with Gasteiger partial charge >= 0.3 is 39.5 Å². The van der Waals surface area contributed by atoms with E-state index in [2.05, 4.69) is 72.8 Å². The number of unbranched alkanes of at least 4 members (excludes halogenated alkanes) is 39. The minimum Gasteiger partial charge on any atom is -0.462 e. The van der Waals surface area contributed by atoms with Crippen molar-refractivity contribution in [2.45, 2.75) is 394 Å². The molecule has 0 bridgehead atoms. The van der Waals surface area contributed by atoms with Gasteiger partial charge in [0.15, 0.2) is 12.2 Å². The summed E-state index contributed by atoms with van der Waals surface area (Å²) in [5.41, 5.74) is 0. The lowest BCUT2D eigenvalue weighted by molar-refractivity contribution is -0.161. The molecule has 19 heteroatoms. The van der Waals surface area contributed by atoms with Crippen molar-refractivity contribution < 1.29 is 80.2 Å². The fourth-order valence-electron chi connectivity index (χ4n) is 11.4. The van der Waals surface area contributed by atoms with E-state index in [0.29, 0.717) is 31.6 Å². The van der Waals surface area contributed by atoms with E-state index < -0.39 is 97.5 Å². The number of hydrogen-bond donors (Lipinski definition) is 3. The van der Waals surface area contributed by atoms with Crippen molar-refractivity contribution in [3.05, 3.63) is 24.3 Å². The van der Waals surface area contributed by atoms with Crippen molar-refractivity contribution in [1.82, 2.24) is 0 Å². The van der Waals surface area contributed by atoms with Gasteiger partial charge < -0.3 is 33.8 Å². The van der Waals surface area contributed by atoms with E-state index in [-0.39, 0.29) is 25.7 Å². The molecule has 3 N–H and O–H groups in total. The van der Waals surface area contributed by atoms with Gasteiger partial charge in [0.25, 0.3) is 0 Å². The number of phosphoric acid groups is 2. The molecule has 0 amide bonds. The zero-order valence-electron chi connectivity index (χ0n) is 63.0. The Kier molecular flexibility index (Phi) is 66.3. The molecule has 0 radical (unpaired) electrons. The molecule has 0 fully saturated rings. The molecule has 572 valence electrons. The molecule has 0 aromatic heterocycles. The topological polar surface area (TPSA) is 237 Å². The van der Waals surface area contributed by atoms with E-state index in [0.717, 1.165) is 127 Å². The lowest BCUT2D eigenvalue weighted by Crippen LogP contribution is -2.30. The van der Waals surface area contributed by atoms with Crippen LogP contribution in [-0.2, 0) is 65.4 Å². The van der Waals surface area contributed by atoms with Gasteiger partial charge in [-0.3, -0.25) is 37.3 Å². The van der Waals surface area contributed by atoms with Crippen LogP contribution in [0.1, 0.15) is 376 Å². The second kappa shape index (κ2) is 68.0. The third-order valence-electron chi connectivity index (χ3n) is 17.5. The Morgan fingerprint density at radius 1 is 0.320 bits per heavy atom. The zero-order chi connectivity index (χ0) is 71.6. The van der Waals surface area contributed by atoms with Crippen molar-refractivity contribution in [2.75, 3.05) is 39.6 Å². The molecular weight excluding hydrogens is 1270 g/mol. The second-order valence-electron chi connectivity index (χ2n) is 28.8. The van der Waals surface area contributed by atoms with Gasteiger partial charge in [-0.15, -0.1) is 0 Å². The Morgan fingerprint density at radius 3 is 0.835 bits per heavy atom. The van der Waals surface area contributed by atoms with Crippen LogP contribution < -0.4 is 0 Å². The third kappa shape index (κ3) is 71.7. The van der Waals surface area contributed by atoms with Crippen molar-refractivity contribution in [3.63, 3.8) is 0 Å². The van der Waals surface area contributed by atoms with Gasteiger partial charge in [-0.2, -0.15) is 0 Å². The van der Waals surface area contributed by atoms with Gasteiger partial charge in [0.1, 0.15) is 19.3 Å². The second-order valence-corrected chi connectivity index (χ2v) is 31.7. The summed E-state index contributed by atoms with van der Waals surface area (Å²) < 4.78 is 68.6. The summed E-state index contributed by atoms with van der Waals surface area (Å²) in [5, 5.41) is 10.6. The standard InChI is InChI=1S/C78H148O17P2/c1-8-9-10-11-12-13-14-15-16-21-26-31-38-45-52-59-75(80)88-65-73(94-77(82)61-54-47-39-32-27-22-17-19-24-29-35-42-49-56-69(2)3)67-92-96(84,85)90-63-72(79)64-91-97(86,87)93-68-74(66-89-76(81)60-53-46-41-34-37-44-51-58-71(6)7)95-78(83)62-55-48-40-33-28-23-18-20-25-30-36-43-50-57-70(4)5/h13-16,69-74,79H,8-12,17-68H2,1-7H3,(H,84,85)(H,86,87)/b14-13-,16-15-/t72?,73-,74-/m1/s1. The number of allylic oxidation sites excluding steroid dienone is 4. The molecule has 0 aromatic rings. The summed E-state index contributed by atoms with van der Waals surface area (Å²) in [6.45, 7) is 11.8. The van der Waals surface area contributed by atoms with Crippen LogP contribution in [0.25, 0.3) is 0 Å². The first-order valence-electron chi connectivity index (χ1n) is 39.7. The predicted octanol–water partition coefficient (Wildman–Crippen LogP) is 22.5. The maximum absolute atomic E-state index is 13.1. The smallest absolute Gasteiger partial charge is 0.462 e. The molecule has 5 atom stereocenters. The number of carbonyl (C=O) groups excluding carboxylic acids is 4. The van der Waals surface area contributed by atoms with Gasteiger partial charge in [-0.1, -0.05) is 323 Å². The summed E-state index contributed by atoms with van der Waals surface area (Å²) >= 11 is 0. The molecule has 0 heterocycles. The number of carbonyl (C=O) groups is 4. The summed E-state index contributed by atoms with van der Waals surface area (Å²) in [6, 6.07) is 0. The van der Waals surface area contributed by atoms with Crippen LogP contribution in [0.5, 0.6) is 0 Å². The van der Waals surface area contributed by atoms with Crippen molar-refractivity contribution in [3.8, 4) is 0 Å². The highest BCUT2D eigenvalue weighted by Gasteiger charge is 2.30. The summed E-state index contributed by atoms with van der Waals surface area (Å²) in [5.74, 6) is 0.127. The lowest BCUT2D eigenvalue weighted by atomic mass is 10.0.